The maximum atomic E-state index is 11.6. The molecule has 1 fully saturated rings. The van der Waals surface area contributed by atoms with Crippen LogP contribution in [0.15, 0.2) is 6.07 Å². The second-order valence-corrected chi connectivity index (χ2v) is 3.74. The van der Waals surface area contributed by atoms with E-state index in [0.29, 0.717) is 13.0 Å². The lowest BCUT2D eigenvalue weighted by Gasteiger charge is -2.15. The molecule has 1 aliphatic heterocycles. The minimum Gasteiger partial charge on any atom is -0.326 e. The van der Waals surface area contributed by atoms with Crippen molar-refractivity contribution in [2.45, 2.75) is 19.4 Å². The topological polar surface area (TPSA) is 64.2 Å². The van der Waals surface area contributed by atoms with Gasteiger partial charge in [0.25, 0.3) is 0 Å². The van der Waals surface area contributed by atoms with Crippen LogP contribution in [0.1, 0.15) is 12.1 Å². The van der Waals surface area contributed by atoms with Crippen LogP contribution in [0.25, 0.3) is 0 Å². The van der Waals surface area contributed by atoms with Crippen molar-refractivity contribution in [1.29, 1.82) is 0 Å². The largest absolute Gasteiger partial charge is 0.326 e. The van der Waals surface area contributed by atoms with Crippen molar-refractivity contribution in [3.05, 3.63) is 11.8 Å². The third kappa shape index (κ3) is 1.39. The number of nitrogens with two attached hydrogens (primary N) is 1. The first-order chi connectivity index (χ1) is 6.58. The summed E-state index contributed by atoms with van der Waals surface area (Å²) < 4.78 is 1.71. The van der Waals surface area contributed by atoms with Crippen LogP contribution in [0.2, 0.25) is 0 Å². The monoisotopic (exact) mass is 194 g/mol. The molecule has 0 aromatic carbocycles. The van der Waals surface area contributed by atoms with E-state index in [2.05, 4.69) is 5.10 Å². The van der Waals surface area contributed by atoms with E-state index in [-0.39, 0.29) is 11.9 Å². The van der Waals surface area contributed by atoms with Crippen LogP contribution in [0.3, 0.4) is 0 Å². The first-order valence-corrected chi connectivity index (χ1v) is 4.64. The van der Waals surface area contributed by atoms with Crippen molar-refractivity contribution >= 4 is 11.7 Å². The lowest BCUT2D eigenvalue weighted by Crippen LogP contribution is -2.29. The number of nitrogens with zero attached hydrogens (tertiary/aromatic N) is 3. The molecule has 2 rings (SSSR count). The highest BCUT2D eigenvalue weighted by atomic mass is 16.2. The summed E-state index contributed by atoms with van der Waals surface area (Å²) in [7, 11) is 1.83. The number of hydrogen-bond donors (Lipinski definition) is 1. The number of aromatic nitrogens is 2. The molecule has 0 spiro atoms. The normalized spacial score (nSPS) is 22.1. The fourth-order valence-corrected chi connectivity index (χ4v) is 1.81. The molecule has 1 aromatic heterocycles. The molecule has 76 valence electrons. The van der Waals surface area contributed by atoms with Crippen LogP contribution >= 0.6 is 0 Å². The molecule has 1 aromatic rings. The summed E-state index contributed by atoms with van der Waals surface area (Å²) in [6.07, 6.45) is 0.435. The first-order valence-electron chi connectivity index (χ1n) is 4.64. The SMILES string of the molecule is Cc1cc(N2CC(N)CC2=O)n(C)n1. The average molecular weight is 194 g/mol. The zero-order valence-corrected chi connectivity index (χ0v) is 8.40. The Kier molecular flexibility index (Phi) is 2.03. The Hall–Kier alpha value is -1.36. The molecule has 5 nitrogen and oxygen atoms in total. The van der Waals surface area contributed by atoms with E-state index in [9.17, 15) is 4.79 Å². The van der Waals surface area contributed by atoms with Crippen molar-refractivity contribution in [2.24, 2.45) is 12.8 Å². The molecular formula is C9H14N4O. The van der Waals surface area contributed by atoms with Gasteiger partial charge in [-0.1, -0.05) is 0 Å². The van der Waals surface area contributed by atoms with Gasteiger partial charge < -0.3 is 5.73 Å². The number of carbonyl (C=O) groups excluding carboxylic acids is 1. The van der Waals surface area contributed by atoms with Gasteiger partial charge in [0.15, 0.2) is 0 Å². The molecule has 1 amide bonds. The van der Waals surface area contributed by atoms with Crippen LogP contribution in [0, 0.1) is 6.92 Å². The fourth-order valence-electron chi connectivity index (χ4n) is 1.81. The van der Waals surface area contributed by atoms with Gasteiger partial charge in [0.2, 0.25) is 5.91 Å². The molecule has 0 aliphatic carbocycles. The van der Waals surface area contributed by atoms with Crippen molar-refractivity contribution in [3.8, 4) is 0 Å². The molecule has 1 unspecified atom stereocenters. The number of rotatable bonds is 1. The van der Waals surface area contributed by atoms with Gasteiger partial charge in [0, 0.05) is 32.1 Å². The minimum atomic E-state index is -0.0438. The highest BCUT2D eigenvalue weighted by Crippen LogP contribution is 2.20. The minimum absolute atomic E-state index is 0.0438. The summed E-state index contributed by atoms with van der Waals surface area (Å²) >= 11 is 0. The molecule has 5 heteroatoms. The van der Waals surface area contributed by atoms with Gasteiger partial charge in [-0.05, 0) is 6.92 Å². The predicted molar refractivity (Wildman–Crippen MR) is 52.9 cm³/mol. The van der Waals surface area contributed by atoms with E-state index in [1.54, 1.807) is 9.58 Å². The van der Waals surface area contributed by atoms with Crippen LogP contribution in [0.4, 0.5) is 5.82 Å². The Morgan fingerprint density at radius 1 is 1.64 bits per heavy atom. The lowest BCUT2D eigenvalue weighted by molar-refractivity contribution is -0.117. The lowest BCUT2D eigenvalue weighted by atomic mass is 10.3. The van der Waals surface area contributed by atoms with E-state index in [1.165, 1.54) is 0 Å². The Balaban J connectivity index is 2.31. The molecule has 2 N–H and O–H groups in total. The zero-order valence-electron chi connectivity index (χ0n) is 8.40. The van der Waals surface area contributed by atoms with Crippen LogP contribution in [-0.4, -0.2) is 28.3 Å². The van der Waals surface area contributed by atoms with Gasteiger partial charge in [-0.2, -0.15) is 5.10 Å². The Bertz CT molecular complexity index is 371. The summed E-state index contributed by atoms with van der Waals surface area (Å²) in [5, 5.41) is 4.20. The van der Waals surface area contributed by atoms with Crippen molar-refractivity contribution in [2.75, 3.05) is 11.4 Å². The van der Waals surface area contributed by atoms with Gasteiger partial charge in [-0.25, -0.2) is 0 Å². The molecule has 1 atom stereocenters. The van der Waals surface area contributed by atoms with Crippen LogP contribution in [-0.2, 0) is 11.8 Å². The quantitative estimate of drug-likeness (QED) is 0.673. The molecular weight excluding hydrogens is 180 g/mol. The van der Waals surface area contributed by atoms with Crippen molar-refractivity contribution < 1.29 is 4.79 Å². The summed E-state index contributed by atoms with van der Waals surface area (Å²) in [5.74, 6) is 0.918. The summed E-state index contributed by atoms with van der Waals surface area (Å²) in [4.78, 5) is 13.3. The van der Waals surface area contributed by atoms with Crippen LogP contribution < -0.4 is 10.6 Å². The van der Waals surface area contributed by atoms with E-state index in [4.69, 9.17) is 5.73 Å². The molecule has 1 saturated heterocycles. The maximum Gasteiger partial charge on any atom is 0.229 e. The van der Waals surface area contributed by atoms with E-state index < -0.39 is 0 Å². The number of amides is 1. The second-order valence-electron chi connectivity index (χ2n) is 3.74. The molecule has 14 heavy (non-hydrogen) atoms. The third-order valence-electron chi connectivity index (χ3n) is 2.41. The number of aryl methyl sites for hydroxylation is 2. The first kappa shape index (κ1) is 9.21. The van der Waals surface area contributed by atoms with E-state index in [0.717, 1.165) is 11.5 Å². The maximum absolute atomic E-state index is 11.6. The van der Waals surface area contributed by atoms with Gasteiger partial charge in [0.05, 0.1) is 5.69 Å². The van der Waals surface area contributed by atoms with Crippen molar-refractivity contribution in [3.63, 3.8) is 0 Å². The summed E-state index contributed by atoms with van der Waals surface area (Å²) in [6.45, 7) is 2.50. The Morgan fingerprint density at radius 3 is 2.79 bits per heavy atom. The number of anilines is 1. The smallest absolute Gasteiger partial charge is 0.229 e. The van der Waals surface area contributed by atoms with Gasteiger partial charge in [-0.3, -0.25) is 14.4 Å². The Labute approximate surface area is 82.5 Å². The second kappa shape index (κ2) is 3.09. The zero-order chi connectivity index (χ0) is 10.3. The van der Waals surface area contributed by atoms with Crippen molar-refractivity contribution in [1.82, 2.24) is 9.78 Å². The van der Waals surface area contributed by atoms with Gasteiger partial charge in [-0.15, -0.1) is 0 Å². The van der Waals surface area contributed by atoms with Gasteiger partial charge >= 0.3 is 0 Å². The van der Waals surface area contributed by atoms with Gasteiger partial charge in [0.1, 0.15) is 5.82 Å². The fraction of sp³-hybridized carbons (Fsp3) is 0.556. The molecule has 1 aliphatic rings. The number of hydrogen-bond acceptors (Lipinski definition) is 3. The summed E-state index contributed by atoms with van der Waals surface area (Å²) in [6, 6.07) is 1.85. The molecule has 0 saturated carbocycles. The molecule has 0 bridgehead atoms. The van der Waals surface area contributed by atoms with E-state index in [1.807, 2.05) is 20.0 Å². The predicted octanol–water partition coefficient (Wildman–Crippen LogP) is -0.207. The molecule has 0 radical (unpaired) electrons. The number of carbonyl (C=O) groups is 1. The standard InChI is InChI=1S/C9H14N4O/c1-6-3-8(12(2)11-6)13-5-7(10)4-9(13)14/h3,7H,4-5,10H2,1-2H3. The molecule has 2 heterocycles. The summed E-state index contributed by atoms with van der Waals surface area (Å²) in [5.41, 5.74) is 6.63. The Morgan fingerprint density at radius 2 is 2.36 bits per heavy atom. The van der Waals surface area contributed by atoms with E-state index >= 15 is 0 Å². The highest BCUT2D eigenvalue weighted by Gasteiger charge is 2.29. The highest BCUT2D eigenvalue weighted by molar-refractivity contribution is 5.95. The van der Waals surface area contributed by atoms with Crippen LogP contribution in [0.5, 0.6) is 0 Å². The average Bonchev–Trinajstić information content (AvgIpc) is 2.55. The third-order valence-corrected chi connectivity index (χ3v) is 2.41.